The van der Waals surface area contributed by atoms with Crippen molar-refractivity contribution in [2.75, 3.05) is 13.0 Å². The molecule has 1 aromatic heterocycles. The van der Waals surface area contributed by atoms with Crippen molar-refractivity contribution in [2.45, 2.75) is 0 Å². The van der Waals surface area contributed by atoms with E-state index in [-0.39, 0.29) is 5.88 Å². The molecular formula is C10H8ClNO2. The monoisotopic (exact) mass is 209 g/mol. The Labute approximate surface area is 87.1 Å². The maximum atomic E-state index is 11.2. The summed E-state index contributed by atoms with van der Waals surface area (Å²) in [5.41, 5.74) is 0.931. The molecule has 14 heavy (non-hydrogen) atoms. The molecule has 0 saturated heterocycles. The molecule has 1 rings (SSSR count). The highest BCUT2D eigenvalue weighted by Gasteiger charge is 2.08. The average Bonchev–Trinajstić information content (AvgIpc) is 2.25. The highest BCUT2D eigenvalue weighted by Crippen LogP contribution is 2.06. The Morgan fingerprint density at radius 2 is 2.50 bits per heavy atom. The highest BCUT2D eigenvalue weighted by atomic mass is 35.5. The zero-order chi connectivity index (χ0) is 10.4. The number of carbonyl (C=O) groups excluding carboxylic acids is 1. The molecule has 0 N–H and O–H groups in total. The molecule has 0 unspecified atom stereocenters. The lowest BCUT2D eigenvalue weighted by molar-refractivity contribution is 0.0600. The van der Waals surface area contributed by atoms with Crippen molar-refractivity contribution in [1.29, 1.82) is 0 Å². The largest absolute Gasteiger partial charge is 0.465 e. The van der Waals surface area contributed by atoms with E-state index in [1.807, 2.05) is 0 Å². The zero-order valence-electron chi connectivity index (χ0n) is 7.58. The van der Waals surface area contributed by atoms with Gasteiger partial charge in [0.05, 0.1) is 24.1 Å². The number of carbonyl (C=O) groups is 1. The predicted octanol–water partition coefficient (Wildman–Crippen LogP) is 1.46. The van der Waals surface area contributed by atoms with Crippen molar-refractivity contribution >= 4 is 17.6 Å². The van der Waals surface area contributed by atoms with Gasteiger partial charge in [0.2, 0.25) is 0 Å². The molecule has 1 heterocycles. The SMILES string of the molecule is COC(=O)c1ccncc1C#CCCl. The minimum absolute atomic E-state index is 0.218. The third-order valence-corrected chi connectivity index (χ3v) is 1.65. The molecule has 0 amide bonds. The molecule has 0 saturated carbocycles. The molecule has 0 fully saturated rings. The number of hydrogen-bond donors (Lipinski definition) is 0. The number of pyridine rings is 1. The van der Waals surface area contributed by atoms with Crippen LogP contribution in [-0.2, 0) is 4.74 Å². The lowest BCUT2D eigenvalue weighted by Crippen LogP contribution is -2.04. The Balaban J connectivity index is 3.09. The van der Waals surface area contributed by atoms with Gasteiger partial charge in [0.1, 0.15) is 0 Å². The summed E-state index contributed by atoms with van der Waals surface area (Å²) in [7, 11) is 1.32. The second-order valence-electron chi connectivity index (χ2n) is 2.35. The van der Waals surface area contributed by atoms with E-state index in [0.717, 1.165) is 0 Å². The van der Waals surface area contributed by atoms with Crippen LogP contribution >= 0.6 is 11.6 Å². The molecule has 72 valence electrons. The molecule has 0 aromatic carbocycles. The van der Waals surface area contributed by atoms with Gasteiger partial charge in [-0.2, -0.15) is 0 Å². The molecule has 0 aliphatic carbocycles. The van der Waals surface area contributed by atoms with Gasteiger partial charge in [-0.15, -0.1) is 11.6 Å². The van der Waals surface area contributed by atoms with Gasteiger partial charge in [0.25, 0.3) is 0 Å². The summed E-state index contributed by atoms with van der Waals surface area (Å²) < 4.78 is 4.59. The number of methoxy groups -OCH3 is 1. The van der Waals surface area contributed by atoms with E-state index in [2.05, 4.69) is 21.6 Å². The number of halogens is 1. The summed E-state index contributed by atoms with van der Waals surface area (Å²) in [6, 6.07) is 1.56. The number of aromatic nitrogens is 1. The summed E-state index contributed by atoms with van der Waals surface area (Å²) >= 11 is 5.41. The number of esters is 1. The van der Waals surface area contributed by atoms with E-state index in [9.17, 15) is 4.79 Å². The minimum Gasteiger partial charge on any atom is -0.465 e. The van der Waals surface area contributed by atoms with Gasteiger partial charge in [0.15, 0.2) is 0 Å². The van der Waals surface area contributed by atoms with E-state index < -0.39 is 5.97 Å². The van der Waals surface area contributed by atoms with Crippen LogP contribution in [0.15, 0.2) is 18.5 Å². The number of nitrogens with zero attached hydrogens (tertiary/aromatic N) is 1. The second kappa shape index (κ2) is 5.25. The van der Waals surface area contributed by atoms with Crippen molar-refractivity contribution in [3.05, 3.63) is 29.6 Å². The van der Waals surface area contributed by atoms with Gasteiger partial charge in [-0.05, 0) is 6.07 Å². The van der Waals surface area contributed by atoms with Crippen LogP contribution in [0.25, 0.3) is 0 Å². The van der Waals surface area contributed by atoms with Crippen LogP contribution in [0.3, 0.4) is 0 Å². The van der Waals surface area contributed by atoms with Crippen LogP contribution in [0.4, 0.5) is 0 Å². The summed E-state index contributed by atoms with van der Waals surface area (Å²) in [5, 5.41) is 0. The van der Waals surface area contributed by atoms with Crippen LogP contribution < -0.4 is 0 Å². The maximum Gasteiger partial charge on any atom is 0.339 e. The molecule has 3 nitrogen and oxygen atoms in total. The van der Waals surface area contributed by atoms with Crippen molar-refractivity contribution in [1.82, 2.24) is 4.98 Å². The summed E-state index contributed by atoms with van der Waals surface area (Å²) in [5.74, 6) is 5.18. The van der Waals surface area contributed by atoms with Crippen LogP contribution in [0, 0.1) is 11.8 Å². The van der Waals surface area contributed by atoms with Gasteiger partial charge >= 0.3 is 5.97 Å². The molecule has 0 spiro atoms. The normalized spacial score (nSPS) is 8.71. The fraction of sp³-hybridized carbons (Fsp3) is 0.200. The van der Waals surface area contributed by atoms with Gasteiger partial charge in [-0.3, -0.25) is 4.98 Å². The van der Waals surface area contributed by atoms with Crippen molar-refractivity contribution in [2.24, 2.45) is 0 Å². The van der Waals surface area contributed by atoms with Crippen molar-refractivity contribution in [3.8, 4) is 11.8 Å². The molecular weight excluding hydrogens is 202 g/mol. The Kier molecular flexibility index (Phi) is 3.96. The van der Waals surface area contributed by atoms with Crippen molar-refractivity contribution in [3.63, 3.8) is 0 Å². The average molecular weight is 210 g/mol. The fourth-order valence-corrected chi connectivity index (χ4v) is 0.977. The molecule has 0 aliphatic rings. The van der Waals surface area contributed by atoms with Crippen LogP contribution in [0.5, 0.6) is 0 Å². The molecule has 4 heteroatoms. The van der Waals surface area contributed by atoms with Crippen LogP contribution in [0.2, 0.25) is 0 Å². The molecule has 0 atom stereocenters. The summed E-state index contributed by atoms with van der Waals surface area (Å²) in [6.07, 6.45) is 3.02. The van der Waals surface area contributed by atoms with Gasteiger partial charge in [0, 0.05) is 12.4 Å². The number of ether oxygens (including phenoxy) is 1. The number of hydrogen-bond acceptors (Lipinski definition) is 3. The smallest absolute Gasteiger partial charge is 0.339 e. The summed E-state index contributed by atoms with van der Waals surface area (Å²) in [6.45, 7) is 0. The predicted molar refractivity (Wildman–Crippen MR) is 53.2 cm³/mol. The first-order chi connectivity index (χ1) is 6.79. The van der Waals surface area contributed by atoms with Gasteiger partial charge < -0.3 is 4.74 Å². The third kappa shape index (κ3) is 2.48. The Hall–Kier alpha value is -1.53. The van der Waals surface area contributed by atoms with Crippen molar-refractivity contribution < 1.29 is 9.53 Å². The van der Waals surface area contributed by atoms with E-state index in [0.29, 0.717) is 11.1 Å². The molecule has 1 aromatic rings. The lowest BCUT2D eigenvalue weighted by atomic mass is 10.1. The molecule has 0 radical (unpaired) electrons. The quantitative estimate of drug-likeness (QED) is 0.399. The first kappa shape index (κ1) is 10.6. The molecule has 0 bridgehead atoms. The van der Waals surface area contributed by atoms with E-state index in [4.69, 9.17) is 11.6 Å². The van der Waals surface area contributed by atoms with Crippen LogP contribution in [0.1, 0.15) is 15.9 Å². The van der Waals surface area contributed by atoms with E-state index >= 15 is 0 Å². The van der Waals surface area contributed by atoms with Gasteiger partial charge in [-0.1, -0.05) is 11.8 Å². The number of alkyl halides is 1. The first-order valence-electron chi connectivity index (χ1n) is 3.86. The fourth-order valence-electron chi connectivity index (χ4n) is 0.911. The minimum atomic E-state index is -0.425. The molecule has 0 aliphatic heterocycles. The lowest BCUT2D eigenvalue weighted by Gasteiger charge is -2.00. The topological polar surface area (TPSA) is 39.2 Å². The summed E-state index contributed by atoms with van der Waals surface area (Å²) in [4.78, 5) is 15.1. The Morgan fingerprint density at radius 1 is 1.71 bits per heavy atom. The maximum absolute atomic E-state index is 11.2. The van der Waals surface area contributed by atoms with Crippen LogP contribution in [-0.4, -0.2) is 23.9 Å². The first-order valence-corrected chi connectivity index (χ1v) is 4.40. The van der Waals surface area contributed by atoms with E-state index in [1.54, 1.807) is 6.07 Å². The standard InChI is InChI=1S/C10H8ClNO2/c1-14-10(13)9-4-6-12-7-8(9)3-2-5-11/h4,6-7H,5H2,1H3. The number of rotatable bonds is 1. The zero-order valence-corrected chi connectivity index (χ0v) is 8.34. The Morgan fingerprint density at radius 3 is 3.14 bits per heavy atom. The van der Waals surface area contributed by atoms with E-state index in [1.165, 1.54) is 19.5 Å². The van der Waals surface area contributed by atoms with Gasteiger partial charge in [-0.25, -0.2) is 4.79 Å². The third-order valence-electron chi connectivity index (χ3n) is 1.52. The second-order valence-corrected chi connectivity index (χ2v) is 2.62. The Bertz CT molecular complexity index is 393. The highest BCUT2D eigenvalue weighted by molar-refractivity contribution is 6.19.